The smallest absolute Gasteiger partial charge is 0.321 e. The summed E-state index contributed by atoms with van der Waals surface area (Å²) >= 11 is 0. The Morgan fingerprint density at radius 1 is 1.27 bits per heavy atom. The van der Waals surface area contributed by atoms with Crippen LogP contribution in [0.25, 0.3) is 0 Å². The van der Waals surface area contributed by atoms with E-state index in [9.17, 15) is 9.59 Å². The number of hydrogen-bond donors (Lipinski definition) is 2. The van der Waals surface area contributed by atoms with Crippen molar-refractivity contribution in [3.63, 3.8) is 0 Å². The molecule has 0 aliphatic heterocycles. The van der Waals surface area contributed by atoms with E-state index in [1.807, 2.05) is 0 Å². The lowest BCUT2D eigenvalue weighted by atomic mass is 9.82. The zero-order valence-corrected chi connectivity index (χ0v) is 8.90. The van der Waals surface area contributed by atoms with Crippen LogP contribution in [0.4, 0.5) is 0 Å². The Labute approximate surface area is 88.4 Å². The Morgan fingerprint density at radius 3 is 2.13 bits per heavy atom. The van der Waals surface area contributed by atoms with E-state index in [0.717, 1.165) is 0 Å². The summed E-state index contributed by atoms with van der Waals surface area (Å²) < 4.78 is 4.87. The van der Waals surface area contributed by atoms with Gasteiger partial charge >= 0.3 is 11.9 Å². The Kier molecular flexibility index (Phi) is 5.44. The molecule has 0 bridgehead atoms. The summed E-state index contributed by atoms with van der Waals surface area (Å²) in [5.41, 5.74) is -1.74. The van der Waals surface area contributed by atoms with Crippen LogP contribution in [-0.2, 0) is 14.3 Å². The van der Waals surface area contributed by atoms with Gasteiger partial charge in [0.1, 0.15) is 0 Å². The van der Waals surface area contributed by atoms with Gasteiger partial charge in [0, 0.05) is 0 Å². The lowest BCUT2D eigenvalue weighted by Gasteiger charge is -2.20. The molecular weight excluding hydrogens is 200 g/mol. The molecule has 0 aromatic carbocycles. The number of carbonyl (C=O) groups is 2. The lowest BCUT2D eigenvalue weighted by molar-refractivity contribution is -0.164. The maximum Gasteiger partial charge on any atom is 0.321 e. The van der Waals surface area contributed by atoms with E-state index < -0.39 is 17.4 Å². The van der Waals surface area contributed by atoms with Gasteiger partial charge in [0.25, 0.3) is 0 Å². The first kappa shape index (κ1) is 13.5. The molecule has 0 radical (unpaired) electrons. The first-order valence-corrected chi connectivity index (χ1v) is 4.74. The summed E-state index contributed by atoms with van der Waals surface area (Å²) in [6, 6.07) is 0. The van der Waals surface area contributed by atoms with Crippen LogP contribution in [0.2, 0.25) is 0 Å². The number of rotatable bonds is 7. The van der Waals surface area contributed by atoms with Crippen molar-refractivity contribution in [1.82, 2.24) is 0 Å². The molecule has 86 valence electrons. The highest BCUT2D eigenvalue weighted by Gasteiger charge is 2.43. The standard InChI is InChI=1S/C10H16O5/c1-3-10(8(11)12,9(13)14)6-5-7-15-4-2/h5,7H,3-4,6H2,1-2H3,(H,11,12)(H,13,14). The molecule has 0 fully saturated rings. The molecule has 5 heteroatoms. The van der Waals surface area contributed by atoms with Crippen LogP contribution in [0.15, 0.2) is 12.3 Å². The molecule has 0 rings (SSSR count). The van der Waals surface area contributed by atoms with Gasteiger partial charge in [-0.05, 0) is 25.8 Å². The fraction of sp³-hybridized carbons (Fsp3) is 0.600. The first-order valence-electron chi connectivity index (χ1n) is 4.74. The molecule has 5 nitrogen and oxygen atoms in total. The summed E-state index contributed by atoms with van der Waals surface area (Å²) in [6.07, 6.45) is 2.72. The number of aliphatic carboxylic acids is 2. The minimum absolute atomic E-state index is 0.0358. The molecule has 0 aliphatic rings. The van der Waals surface area contributed by atoms with Crippen LogP contribution in [0.1, 0.15) is 26.7 Å². The van der Waals surface area contributed by atoms with Crippen molar-refractivity contribution in [2.45, 2.75) is 26.7 Å². The van der Waals surface area contributed by atoms with Crippen molar-refractivity contribution in [1.29, 1.82) is 0 Å². The van der Waals surface area contributed by atoms with E-state index in [-0.39, 0.29) is 12.8 Å². The molecule has 0 aromatic rings. The molecule has 0 aromatic heterocycles. The van der Waals surface area contributed by atoms with Crippen LogP contribution >= 0.6 is 0 Å². The largest absolute Gasteiger partial charge is 0.502 e. The lowest BCUT2D eigenvalue weighted by Crippen LogP contribution is -2.38. The third kappa shape index (κ3) is 3.27. The molecule has 0 aliphatic carbocycles. The van der Waals surface area contributed by atoms with Crippen molar-refractivity contribution >= 4 is 11.9 Å². The van der Waals surface area contributed by atoms with E-state index in [1.165, 1.54) is 19.3 Å². The van der Waals surface area contributed by atoms with Gasteiger partial charge in [-0.25, -0.2) is 0 Å². The van der Waals surface area contributed by atoms with Gasteiger partial charge in [-0.2, -0.15) is 0 Å². The van der Waals surface area contributed by atoms with E-state index in [1.54, 1.807) is 6.92 Å². The second-order valence-corrected chi connectivity index (χ2v) is 3.08. The van der Waals surface area contributed by atoms with Gasteiger partial charge < -0.3 is 14.9 Å². The summed E-state index contributed by atoms with van der Waals surface area (Å²) in [5, 5.41) is 17.8. The van der Waals surface area contributed by atoms with Crippen LogP contribution in [-0.4, -0.2) is 28.8 Å². The Balaban J connectivity index is 4.64. The fourth-order valence-electron chi connectivity index (χ4n) is 1.13. The van der Waals surface area contributed by atoms with Gasteiger partial charge in [0.2, 0.25) is 0 Å². The van der Waals surface area contributed by atoms with Crippen molar-refractivity contribution in [2.75, 3.05) is 6.61 Å². The SMILES string of the molecule is CCOC=CCC(CC)(C(=O)O)C(=O)O. The molecule has 0 saturated carbocycles. The van der Waals surface area contributed by atoms with Gasteiger partial charge in [0.05, 0.1) is 12.9 Å². The van der Waals surface area contributed by atoms with E-state index in [0.29, 0.717) is 6.61 Å². The highest BCUT2D eigenvalue weighted by Crippen LogP contribution is 2.27. The topological polar surface area (TPSA) is 83.8 Å². The third-order valence-electron chi connectivity index (χ3n) is 2.25. The van der Waals surface area contributed by atoms with Gasteiger partial charge in [0.15, 0.2) is 5.41 Å². The molecule has 0 spiro atoms. The normalized spacial score (nSPS) is 11.6. The molecule has 0 saturated heterocycles. The van der Waals surface area contributed by atoms with Crippen molar-refractivity contribution in [3.8, 4) is 0 Å². The van der Waals surface area contributed by atoms with Crippen molar-refractivity contribution in [2.24, 2.45) is 5.41 Å². The molecular formula is C10H16O5. The summed E-state index contributed by atoms with van der Waals surface area (Å²) in [7, 11) is 0. The van der Waals surface area contributed by atoms with Crippen LogP contribution in [0.3, 0.4) is 0 Å². The maximum atomic E-state index is 10.9. The van der Waals surface area contributed by atoms with Crippen molar-refractivity contribution in [3.05, 3.63) is 12.3 Å². The van der Waals surface area contributed by atoms with E-state index >= 15 is 0 Å². The summed E-state index contributed by atoms with van der Waals surface area (Å²) in [6.45, 7) is 3.79. The van der Waals surface area contributed by atoms with Crippen LogP contribution < -0.4 is 0 Å². The van der Waals surface area contributed by atoms with E-state index in [4.69, 9.17) is 14.9 Å². The number of hydrogen-bond acceptors (Lipinski definition) is 3. The minimum atomic E-state index is -1.74. The van der Waals surface area contributed by atoms with E-state index in [2.05, 4.69) is 0 Å². The van der Waals surface area contributed by atoms with Gasteiger partial charge in [-0.1, -0.05) is 6.92 Å². The van der Waals surface area contributed by atoms with Crippen LogP contribution in [0.5, 0.6) is 0 Å². The number of carboxylic acids is 2. The minimum Gasteiger partial charge on any atom is -0.502 e. The molecule has 0 heterocycles. The fourth-order valence-corrected chi connectivity index (χ4v) is 1.13. The second-order valence-electron chi connectivity index (χ2n) is 3.08. The number of carboxylic acid groups (broad SMARTS) is 2. The predicted molar refractivity (Wildman–Crippen MR) is 53.4 cm³/mol. The van der Waals surface area contributed by atoms with Gasteiger partial charge in [-0.3, -0.25) is 9.59 Å². The highest BCUT2D eigenvalue weighted by atomic mass is 16.5. The third-order valence-corrected chi connectivity index (χ3v) is 2.25. The molecule has 2 N–H and O–H groups in total. The van der Waals surface area contributed by atoms with Crippen molar-refractivity contribution < 1.29 is 24.5 Å². The highest BCUT2D eigenvalue weighted by molar-refractivity contribution is 5.98. The zero-order valence-electron chi connectivity index (χ0n) is 8.90. The first-order chi connectivity index (χ1) is 7.01. The molecule has 0 atom stereocenters. The molecule has 15 heavy (non-hydrogen) atoms. The predicted octanol–water partition coefficient (Wildman–Crippen LogP) is 1.49. The summed E-state index contributed by atoms with van der Waals surface area (Å²) in [5.74, 6) is -2.64. The average molecular weight is 216 g/mol. The Morgan fingerprint density at radius 2 is 1.80 bits per heavy atom. The Hall–Kier alpha value is -1.52. The average Bonchev–Trinajstić information content (AvgIpc) is 2.17. The molecule has 0 amide bonds. The number of allylic oxidation sites excluding steroid dienone is 1. The maximum absolute atomic E-state index is 10.9. The second kappa shape index (κ2) is 6.06. The van der Waals surface area contributed by atoms with Crippen LogP contribution in [0, 0.1) is 5.41 Å². The zero-order chi connectivity index (χ0) is 11.9. The molecule has 0 unspecified atom stereocenters. The number of ether oxygens (including phenoxy) is 1. The summed E-state index contributed by atoms with van der Waals surface area (Å²) in [4.78, 5) is 21.8. The Bertz CT molecular complexity index is 243. The van der Waals surface area contributed by atoms with Gasteiger partial charge in [-0.15, -0.1) is 0 Å². The quantitative estimate of drug-likeness (QED) is 0.497. The monoisotopic (exact) mass is 216 g/mol.